The Hall–Kier alpha value is -4.19. The summed E-state index contributed by atoms with van der Waals surface area (Å²) >= 11 is 4.78. The fourth-order valence-electron chi connectivity index (χ4n) is 6.26. The molecule has 6 rings (SSSR count). The molecule has 1 unspecified atom stereocenters. The van der Waals surface area contributed by atoms with Crippen molar-refractivity contribution in [2.75, 3.05) is 11.5 Å². The van der Waals surface area contributed by atoms with Gasteiger partial charge in [0.05, 0.1) is 23.8 Å². The molecule has 8 nitrogen and oxygen atoms in total. The molecule has 0 saturated carbocycles. The maximum absolute atomic E-state index is 13.8. The van der Waals surface area contributed by atoms with Crippen LogP contribution in [0.1, 0.15) is 61.0 Å². The number of nitrogens with zero attached hydrogens (tertiary/aromatic N) is 2. The van der Waals surface area contributed by atoms with Crippen molar-refractivity contribution in [1.82, 2.24) is 20.9 Å². The highest BCUT2D eigenvalue weighted by atomic mass is 32.2. The summed E-state index contributed by atoms with van der Waals surface area (Å²) in [6.45, 7) is 5.86. The third-order valence-electron chi connectivity index (χ3n) is 9.02. The van der Waals surface area contributed by atoms with E-state index in [4.69, 9.17) is 4.99 Å². The van der Waals surface area contributed by atoms with Gasteiger partial charge in [-0.1, -0.05) is 117 Å². The molecule has 1 aromatic heterocycles. The monoisotopic (exact) mass is 737 g/mol. The number of hydrogen-bond donors (Lipinski definition) is 3. The fraction of sp³-hybridized carbons (Fsp3) is 0.325. The highest BCUT2D eigenvalue weighted by Gasteiger charge is 2.41. The number of thioether (sulfide) groups is 2. The van der Waals surface area contributed by atoms with Gasteiger partial charge < -0.3 is 16.0 Å². The van der Waals surface area contributed by atoms with Gasteiger partial charge in [-0.05, 0) is 41.7 Å². The van der Waals surface area contributed by atoms with E-state index in [1.165, 1.54) is 39.8 Å². The smallest absolute Gasteiger partial charge is 0.249 e. The second kappa shape index (κ2) is 16.4. The number of fused-ring (bicyclic) bond motifs is 4. The lowest BCUT2D eigenvalue weighted by Crippen LogP contribution is -2.56. The predicted molar refractivity (Wildman–Crippen MR) is 210 cm³/mol. The van der Waals surface area contributed by atoms with Crippen LogP contribution < -0.4 is 16.0 Å². The van der Waals surface area contributed by atoms with Gasteiger partial charge in [0.15, 0.2) is 0 Å². The molecule has 0 spiro atoms. The molecule has 3 N–H and O–H groups in total. The van der Waals surface area contributed by atoms with Gasteiger partial charge in [-0.25, -0.2) is 4.98 Å². The largest absolute Gasteiger partial charge is 0.350 e. The van der Waals surface area contributed by atoms with Crippen molar-refractivity contribution in [3.05, 3.63) is 136 Å². The zero-order valence-electron chi connectivity index (χ0n) is 29.0. The first-order chi connectivity index (χ1) is 24.7. The Morgan fingerprint density at radius 2 is 1.53 bits per heavy atom. The number of carbonyl (C=O) groups excluding carboxylic acids is 3. The van der Waals surface area contributed by atoms with E-state index < -0.39 is 22.4 Å². The van der Waals surface area contributed by atoms with Crippen LogP contribution in [0.25, 0.3) is 0 Å². The lowest BCUT2D eigenvalue weighted by Gasteiger charge is -2.35. The Morgan fingerprint density at radius 3 is 2.12 bits per heavy atom. The summed E-state index contributed by atoms with van der Waals surface area (Å²) < 4.78 is -0.439. The van der Waals surface area contributed by atoms with Gasteiger partial charge in [0.1, 0.15) is 27.3 Å². The summed E-state index contributed by atoms with van der Waals surface area (Å²) in [6.07, 6.45) is 4.70. The van der Waals surface area contributed by atoms with E-state index >= 15 is 0 Å². The van der Waals surface area contributed by atoms with Gasteiger partial charge >= 0.3 is 0 Å². The minimum Gasteiger partial charge on any atom is -0.350 e. The van der Waals surface area contributed by atoms with E-state index in [1.807, 2.05) is 61.3 Å². The van der Waals surface area contributed by atoms with E-state index in [-0.39, 0.29) is 36.6 Å². The summed E-state index contributed by atoms with van der Waals surface area (Å²) in [5.74, 6) is 0.199. The molecule has 0 radical (unpaired) electrons. The molecule has 0 fully saturated rings. The third kappa shape index (κ3) is 8.48. The molecule has 3 amide bonds. The molecule has 264 valence electrons. The Morgan fingerprint density at radius 1 is 0.922 bits per heavy atom. The second-order valence-electron chi connectivity index (χ2n) is 13.2. The molecule has 4 bridgehead atoms. The predicted octanol–water partition coefficient (Wildman–Crippen LogP) is 6.71. The quantitative estimate of drug-likeness (QED) is 0.100. The molecule has 0 saturated heterocycles. The molecule has 2 aliphatic heterocycles. The van der Waals surface area contributed by atoms with Crippen molar-refractivity contribution in [2.24, 2.45) is 10.9 Å². The van der Waals surface area contributed by atoms with Crippen LogP contribution in [0, 0.1) is 5.92 Å². The van der Waals surface area contributed by atoms with Crippen LogP contribution in [-0.4, -0.2) is 56.9 Å². The van der Waals surface area contributed by atoms with Crippen LogP contribution in [0.3, 0.4) is 0 Å². The van der Waals surface area contributed by atoms with Gasteiger partial charge in [0.2, 0.25) is 17.7 Å². The van der Waals surface area contributed by atoms with Crippen molar-refractivity contribution in [3.63, 3.8) is 0 Å². The number of amides is 3. The highest BCUT2D eigenvalue weighted by molar-refractivity contribution is 8.14. The lowest BCUT2D eigenvalue weighted by molar-refractivity contribution is -0.132. The first-order valence-electron chi connectivity index (χ1n) is 17.2. The second-order valence-corrected chi connectivity index (χ2v) is 16.5. The van der Waals surface area contributed by atoms with Crippen LogP contribution in [0.5, 0.6) is 0 Å². The van der Waals surface area contributed by atoms with Gasteiger partial charge in [-0.2, -0.15) is 0 Å². The third-order valence-corrected chi connectivity index (χ3v) is 12.7. The first-order valence-corrected chi connectivity index (χ1v) is 20.1. The molecule has 3 heterocycles. The van der Waals surface area contributed by atoms with Gasteiger partial charge in [-0.15, -0.1) is 34.9 Å². The number of rotatable bonds is 9. The van der Waals surface area contributed by atoms with Crippen LogP contribution in [-0.2, 0) is 25.7 Å². The number of hydrogen-bond acceptors (Lipinski definition) is 8. The minimum absolute atomic E-state index is 0.0502. The van der Waals surface area contributed by atoms with Crippen molar-refractivity contribution in [1.29, 1.82) is 0 Å². The van der Waals surface area contributed by atoms with Crippen LogP contribution in [0.2, 0.25) is 0 Å². The summed E-state index contributed by atoms with van der Waals surface area (Å²) in [4.78, 5) is 50.0. The Kier molecular flexibility index (Phi) is 11.8. The summed E-state index contributed by atoms with van der Waals surface area (Å²) in [7, 11) is 0. The lowest BCUT2D eigenvalue weighted by atomic mass is 9.84. The summed E-state index contributed by atoms with van der Waals surface area (Å²) in [5, 5.41) is 12.4. The molecular weight excluding hydrogens is 695 g/mol. The normalized spacial score (nSPS) is 21.6. The Balaban J connectivity index is 1.23. The topological polar surface area (TPSA) is 113 Å². The van der Waals surface area contributed by atoms with E-state index in [9.17, 15) is 14.4 Å². The van der Waals surface area contributed by atoms with Crippen molar-refractivity contribution < 1.29 is 14.4 Å². The summed E-state index contributed by atoms with van der Waals surface area (Å²) in [5.41, 5.74) is 3.26. The van der Waals surface area contributed by atoms with E-state index in [0.29, 0.717) is 22.9 Å². The van der Waals surface area contributed by atoms with Crippen LogP contribution in [0.15, 0.2) is 114 Å². The molecule has 4 aromatic rings. The Bertz CT molecular complexity index is 1780. The van der Waals surface area contributed by atoms with Crippen LogP contribution >= 0.6 is 34.9 Å². The number of aliphatic imine (C=N–C) groups is 1. The number of thiazole rings is 1. The van der Waals surface area contributed by atoms with Crippen molar-refractivity contribution in [2.45, 2.75) is 62.5 Å². The van der Waals surface area contributed by atoms with Crippen molar-refractivity contribution in [3.8, 4) is 0 Å². The molecule has 0 aliphatic carbocycles. The maximum Gasteiger partial charge on any atom is 0.249 e. The maximum atomic E-state index is 13.8. The Labute approximate surface area is 312 Å². The van der Waals surface area contributed by atoms with Crippen molar-refractivity contribution >= 4 is 57.6 Å². The van der Waals surface area contributed by atoms with Gasteiger partial charge in [0, 0.05) is 11.1 Å². The average molecular weight is 738 g/mol. The van der Waals surface area contributed by atoms with Gasteiger partial charge in [0.25, 0.3) is 0 Å². The SMILES string of the molecule is CC(C)C1NC(=O)[C@]2(C)CSC(=N2)c2csc(n2)CNC(=O)C[C@@H](/C=C/CCSC(c2ccccc2)(c2ccccc2)c2ccccc2)NC1=O. The molecule has 51 heavy (non-hydrogen) atoms. The highest BCUT2D eigenvalue weighted by Crippen LogP contribution is 2.48. The zero-order valence-corrected chi connectivity index (χ0v) is 31.5. The van der Waals surface area contributed by atoms with Crippen LogP contribution in [0.4, 0.5) is 0 Å². The van der Waals surface area contributed by atoms with E-state index in [0.717, 1.165) is 10.8 Å². The number of aromatic nitrogens is 1. The summed E-state index contributed by atoms with van der Waals surface area (Å²) in [6, 6.07) is 30.3. The number of nitrogens with one attached hydrogen (secondary N) is 3. The molecule has 3 atom stereocenters. The number of allylic oxidation sites excluding steroid dienone is 1. The molecule has 11 heteroatoms. The minimum atomic E-state index is -1.02. The fourth-order valence-corrected chi connectivity index (χ4v) is 9.66. The molecule has 2 aliphatic rings. The van der Waals surface area contributed by atoms with E-state index in [2.05, 4.69) is 93.7 Å². The van der Waals surface area contributed by atoms with Gasteiger partial charge in [-0.3, -0.25) is 19.4 Å². The number of carbonyl (C=O) groups is 3. The zero-order chi connectivity index (χ0) is 35.8. The first kappa shape index (κ1) is 36.6. The number of benzene rings is 3. The molecule has 3 aromatic carbocycles. The molecular formula is C40H43N5O3S3. The van der Waals surface area contributed by atoms with E-state index in [1.54, 1.807) is 6.92 Å². The standard InChI is InChI=1S/C40H43N5O3S3/c1-27(2)35-36(47)42-31(23-33(46)41-24-34-43-32(25-49-34)37-45-39(3,26-50-37)38(48)44-35)21-13-14-22-51-40(28-15-7-4-8-16-28,29-17-9-5-10-18-29)30-19-11-6-12-20-30/h4-13,15-21,25,27,31,35H,14,22-24,26H2,1-3H3,(H,41,46)(H,42,47)(H,44,48)/b21-13+/t31-,35?,39+/m1/s1. The average Bonchev–Trinajstić information content (AvgIpc) is 3.79.